The van der Waals surface area contributed by atoms with Gasteiger partial charge >= 0.3 is 0 Å². The van der Waals surface area contributed by atoms with Crippen molar-refractivity contribution in [2.75, 3.05) is 4.72 Å². The molecule has 1 aromatic heterocycles. The van der Waals surface area contributed by atoms with Gasteiger partial charge in [-0.25, -0.2) is 8.42 Å². The molecular weight excluding hydrogens is 422 g/mol. The van der Waals surface area contributed by atoms with Gasteiger partial charge in [-0.05, 0) is 52.3 Å². The molecule has 0 aliphatic heterocycles. The van der Waals surface area contributed by atoms with Crippen molar-refractivity contribution < 1.29 is 8.42 Å². The molecule has 0 amide bonds. The molecule has 3 rings (SSSR count). The number of nitrogens with zero attached hydrogens (tertiary/aromatic N) is 1. The average Bonchev–Trinajstić information content (AvgIpc) is 2.85. The zero-order valence-corrected chi connectivity index (χ0v) is 14.5. The summed E-state index contributed by atoms with van der Waals surface area (Å²) in [5.41, 5.74) is 1.33. The highest BCUT2D eigenvalue weighted by atomic mass is 79.9. The van der Waals surface area contributed by atoms with Gasteiger partial charge in [0.15, 0.2) is 0 Å². The smallest absolute Gasteiger partial charge is 0.263 e. The minimum atomic E-state index is -3.66. The molecule has 0 fully saturated rings. The highest BCUT2D eigenvalue weighted by molar-refractivity contribution is 9.11. The number of hydrogen-bond acceptors (Lipinski definition) is 3. The van der Waals surface area contributed by atoms with E-state index in [2.05, 4.69) is 46.8 Å². The zero-order chi connectivity index (χ0) is 15.0. The summed E-state index contributed by atoms with van der Waals surface area (Å²) >= 11 is 6.56. The van der Waals surface area contributed by atoms with Crippen LogP contribution in [0.25, 0.3) is 10.9 Å². The van der Waals surface area contributed by atoms with Crippen molar-refractivity contribution in [1.29, 1.82) is 0 Å². The van der Waals surface area contributed by atoms with Gasteiger partial charge in [0.25, 0.3) is 10.0 Å². The molecule has 0 radical (unpaired) electrons. The lowest BCUT2D eigenvalue weighted by Crippen LogP contribution is -2.13. The Bertz CT molecular complexity index is 922. The van der Waals surface area contributed by atoms with Crippen molar-refractivity contribution in [3.63, 3.8) is 0 Å². The lowest BCUT2D eigenvalue weighted by molar-refractivity contribution is 0.601. The SMILES string of the molecule is O=S(=O)(Nc1ccc2[nH]ncc2c1)c1ccc(Br)cc1Br. The van der Waals surface area contributed by atoms with Crippen LogP contribution in [0.5, 0.6) is 0 Å². The zero-order valence-electron chi connectivity index (χ0n) is 10.5. The Morgan fingerprint density at radius 3 is 2.67 bits per heavy atom. The minimum absolute atomic E-state index is 0.179. The Morgan fingerprint density at radius 1 is 1.10 bits per heavy atom. The maximum atomic E-state index is 12.4. The lowest BCUT2D eigenvalue weighted by atomic mass is 10.2. The van der Waals surface area contributed by atoms with E-state index in [9.17, 15) is 8.42 Å². The molecule has 0 atom stereocenters. The number of hydrogen-bond donors (Lipinski definition) is 2. The van der Waals surface area contributed by atoms with Crippen molar-refractivity contribution in [3.8, 4) is 0 Å². The number of sulfonamides is 1. The first kappa shape index (κ1) is 14.6. The third-order valence-electron chi connectivity index (χ3n) is 2.88. The first-order chi connectivity index (χ1) is 9.95. The third-order valence-corrected chi connectivity index (χ3v) is 5.73. The summed E-state index contributed by atoms with van der Waals surface area (Å²) in [6.45, 7) is 0. The first-order valence-electron chi connectivity index (χ1n) is 5.87. The molecule has 0 bridgehead atoms. The standard InChI is InChI=1S/C13H9Br2N3O2S/c14-9-1-4-13(11(15)6-9)21(19,20)18-10-2-3-12-8(5-10)7-16-17-12/h1-7,18H,(H,16,17). The van der Waals surface area contributed by atoms with Crippen LogP contribution in [0.15, 0.2) is 56.4 Å². The lowest BCUT2D eigenvalue weighted by Gasteiger charge is -2.10. The second kappa shape index (κ2) is 5.43. The number of anilines is 1. The van der Waals surface area contributed by atoms with E-state index in [1.54, 1.807) is 36.5 Å². The van der Waals surface area contributed by atoms with Crippen molar-refractivity contribution in [1.82, 2.24) is 10.2 Å². The molecule has 3 aromatic rings. The van der Waals surface area contributed by atoms with Crippen LogP contribution >= 0.6 is 31.9 Å². The molecule has 0 saturated heterocycles. The number of nitrogens with one attached hydrogen (secondary N) is 2. The number of aromatic nitrogens is 2. The van der Waals surface area contributed by atoms with Gasteiger partial charge in [0.1, 0.15) is 4.90 Å². The van der Waals surface area contributed by atoms with E-state index >= 15 is 0 Å². The van der Waals surface area contributed by atoms with Crippen LogP contribution in [0, 0.1) is 0 Å². The Hall–Kier alpha value is -1.38. The maximum Gasteiger partial charge on any atom is 0.263 e. The fraction of sp³-hybridized carbons (Fsp3) is 0. The van der Waals surface area contributed by atoms with E-state index in [-0.39, 0.29) is 4.90 Å². The Labute approximate surface area is 138 Å². The molecule has 0 spiro atoms. The molecular formula is C13H9Br2N3O2S. The van der Waals surface area contributed by atoms with Crippen LogP contribution in [0.1, 0.15) is 0 Å². The topological polar surface area (TPSA) is 74.8 Å². The Kier molecular flexibility index (Phi) is 3.76. The average molecular weight is 431 g/mol. The van der Waals surface area contributed by atoms with Crippen molar-refractivity contribution in [2.45, 2.75) is 4.90 Å². The molecule has 0 unspecified atom stereocenters. The highest BCUT2D eigenvalue weighted by Gasteiger charge is 2.18. The fourth-order valence-electron chi connectivity index (χ4n) is 1.91. The summed E-state index contributed by atoms with van der Waals surface area (Å²) in [6, 6.07) is 10.1. The van der Waals surface area contributed by atoms with Gasteiger partial charge in [0, 0.05) is 20.0 Å². The van der Waals surface area contributed by atoms with Crippen molar-refractivity contribution in [2.24, 2.45) is 0 Å². The van der Waals surface area contributed by atoms with Gasteiger partial charge in [-0.3, -0.25) is 9.82 Å². The van der Waals surface area contributed by atoms with E-state index in [0.717, 1.165) is 15.4 Å². The molecule has 2 N–H and O–H groups in total. The molecule has 108 valence electrons. The largest absolute Gasteiger partial charge is 0.280 e. The predicted octanol–water partition coefficient (Wildman–Crippen LogP) is 3.89. The van der Waals surface area contributed by atoms with Gasteiger partial charge in [-0.1, -0.05) is 15.9 Å². The van der Waals surface area contributed by atoms with E-state index < -0.39 is 10.0 Å². The molecule has 21 heavy (non-hydrogen) atoms. The fourth-order valence-corrected chi connectivity index (χ4v) is 4.71. The molecule has 5 nitrogen and oxygen atoms in total. The van der Waals surface area contributed by atoms with Crippen LogP contribution in [-0.2, 0) is 10.0 Å². The van der Waals surface area contributed by atoms with Gasteiger partial charge in [-0.2, -0.15) is 5.10 Å². The summed E-state index contributed by atoms with van der Waals surface area (Å²) in [6.07, 6.45) is 1.64. The summed E-state index contributed by atoms with van der Waals surface area (Å²) in [4.78, 5) is 0.179. The molecule has 1 heterocycles. The predicted molar refractivity (Wildman–Crippen MR) is 88.7 cm³/mol. The summed E-state index contributed by atoms with van der Waals surface area (Å²) in [5, 5.41) is 7.56. The van der Waals surface area contributed by atoms with Crippen LogP contribution < -0.4 is 4.72 Å². The number of aromatic amines is 1. The van der Waals surface area contributed by atoms with Crippen molar-refractivity contribution >= 4 is 58.5 Å². The third kappa shape index (κ3) is 2.97. The second-order valence-corrected chi connectivity index (χ2v) is 7.77. The number of benzene rings is 2. The Morgan fingerprint density at radius 2 is 1.90 bits per heavy atom. The normalized spacial score (nSPS) is 11.7. The minimum Gasteiger partial charge on any atom is -0.280 e. The number of halogens is 2. The summed E-state index contributed by atoms with van der Waals surface area (Å²) in [7, 11) is -3.66. The van der Waals surface area contributed by atoms with Gasteiger partial charge in [0.05, 0.1) is 11.7 Å². The molecule has 2 aromatic carbocycles. The van der Waals surface area contributed by atoms with Gasteiger partial charge in [-0.15, -0.1) is 0 Å². The van der Waals surface area contributed by atoms with E-state index in [4.69, 9.17) is 0 Å². The quantitative estimate of drug-likeness (QED) is 0.661. The van der Waals surface area contributed by atoms with E-state index in [1.807, 2.05) is 0 Å². The van der Waals surface area contributed by atoms with E-state index in [0.29, 0.717) is 10.2 Å². The second-order valence-electron chi connectivity index (χ2n) is 4.35. The molecule has 0 aliphatic carbocycles. The van der Waals surface area contributed by atoms with Crippen molar-refractivity contribution in [3.05, 3.63) is 51.5 Å². The van der Waals surface area contributed by atoms with E-state index in [1.165, 1.54) is 6.07 Å². The first-order valence-corrected chi connectivity index (χ1v) is 8.94. The van der Waals surface area contributed by atoms with Gasteiger partial charge in [0.2, 0.25) is 0 Å². The molecule has 8 heteroatoms. The van der Waals surface area contributed by atoms with Crippen LogP contribution in [0.2, 0.25) is 0 Å². The molecule has 0 saturated carbocycles. The number of fused-ring (bicyclic) bond motifs is 1. The summed E-state index contributed by atoms with van der Waals surface area (Å²) < 4.78 is 28.7. The van der Waals surface area contributed by atoms with Crippen LogP contribution in [-0.4, -0.2) is 18.6 Å². The molecule has 0 aliphatic rings. The van der Waals surface area contributed by atoms with Gasteiger partial charge < -0.3 is 0 Å². The number of rotatable bonds is 3. The highest BCUT2D eigenvalue weighted by Crippen LogP contribution is 2.28. The number of H-pyrrole nitrogens is 1. The maximum absolute atomic E-state index is 12.4. The monoisotopic (exact) mass is 429 g/mol. The van der Waals surface area contributed by atoms with Crippen LogP contribution in [0.3, 0.4) is 0 Å². The van der Waals surface area contributed by atoms with Crippen LogP contribution in [0.4, 0.5) is 5.69 Å². The summed E-state index contributed by atoms with van der Waals surface area (Å²) in [5.74, 6) is 0. The Balaban J connectivity index is 1.98.